The molecule has 0 aromatic heterocycles. The van der Waals surface area contributed by atoms with Crippen molar-refractivity contribution in [2.45, 2.75) is 52.1 Å². The fraction of sp³-hybridized carbons (Fsp3) is 0.571. The Morgan fingerprint density at radius 2 is 1.93 bits per heavy atom. The van der Waals surface area contributed by atoms with Crippen LogP contribution in [0.5, 0.6) is 0 Å². The summed E-state index contributed by atoms with van der Waals surface area (Å²) in [4.78, 5) is 41.3. The Bertz CT molecular complexity index is 884. The van der Waals surface area contributed by atoms with Gasteiger partial charge in [0.1, 0.15) is 5.54 Å². The van der Waals surface area contributed by atoms with Crippen molar-refractivity contribution in [1.82, 2.24) is 10.2 Å². The second-order valence-electron chi connectivity index (χ2n) is 8.46. The summed E-state index contributed by atoms with van der Waals surface area (Å²) in [5, 5.41) is 6.93. The van der Waals surface area contributed by atoms with Gasteiger partial charge in [0.2, 0.25) is 17.7 Å². The van der Waals surface area contributed by atoms with Gasteiger partial charge < -0.3 is 5.32 Å². The van der Waals surface area contributed by atoms with Crippen molar-refractivity contribution in [3.8, 4) is 0 Å². The molecule has 0 bridgehead atoms. The van der Waals surface area contributed by atoms with E-state index in [0.717, 1.165) is 24.0 Å². The Labute approximate surface area is 170 Å². The van der Waals surface area contributed by atoms with Crippen LogP contribution in [0.25, 0.3) is 0 Å². The molecule has 3 aliphatic heterocycles. The van der Waals surface area contributed by atoms with Crippen LogP contribution in [0.3, 0.4) is 0 Å². The first-order chi connectivity index (χ1) is 13.3. The van der Waals surface area contributed by atoms with Gasteiger partial charge >= 0.3 is 0 Å². The third-order valence-corrected chi connectivity index (χ3v) is 6.97. The zero-order valence-electron chi connectivity index (χ0n) is 16.6. The van der Waals surface area contributed by atoms with Crippen molar-refractivity contribution >= 4 is 35.0 Å². The smallest absolute Gasteiger partial charge is 0.250 e. The van der Waals surface area contributed by atoms with E-state index in [9.17, 15) is 14.4 Å². The Hall–Kier alpha value is -1.92. The molecule has 0 radical (unpaired) electrons. The molecule has 28 heavy (non-hydrogen) atoms. The fourth-order valence-electron chi connectivity index (χ4n) is 5.09. The first-order valence-corrected chi connectivity index (χ1v) is 10.4. The highest BCUT2D eigenvalue weighted by atomic mass is 35.5. The largest absolute Gasteiger partial charge is 0.324 e. The molecule has 0 aliphatic carbocycles. The lowest BCUT2D eigenvalue weighted by Crippen LogP contribution is -2.54. The number of unbranched alkanes of at least 4 members (excludes halogenated alkanes) is 1. The second kappa shape index (κ2) is 6.56. The average molecular weight is 404 g/mol. The van der Waals surface area contributed by atoms with Crippen LogP contribution in [0.1, 0.15) is 44.7 Å². The minimum atomic E-state index is -1.22. The van der Waals surface area contributed by atoms with E-state index in [1.54, 1.807) is 6.07 Å². The quantitative estimate of drug-likeness (QED) is 0.758. The molecule has 2 N–H and O–H groups in total. The molecule has 4 unspecified atom stereocenters. The van der Waals surface area contributed by atoms with Crippen LogP contribution in [0.4, 0.5) is 5.69 Å². The van der Waals surface area contributed by atoms with Crippen LogP contribution in [0, 0.1) is 24.7 Å². The molecule has 3 amide bonds. The summed E-state index contributed by atoms with van der Waals surface area (Å²) in [6.07, 6.45) is 1.66. The number of hydrogen-bond acceptors (Lipinski definition) is 4. The summed E-state index contributed by atoms with van der Waals surface area (Å²) >= 11 is 6.26. The van der Waals surface area contributed by atoms with Gasteiger partial charge in [-0.25, -0.2) is 0 Å². The van der Waals surface area contributed by atoms with Crippen LogP contribution in [-0.4, -0.2) is 35.2 Å². The van der Waals surface area contributed by atoms with Gasteiger partial charge in [-0.2, -0.15) is 0 Å². The van der Waals surface area contributed by atoms with Crippen molar-refractivity contribution in [3.63, 3.8) is 0 Å². The number of benzene rings is 1. The molecule has 7 heteroatoms. The maximum Gasteiger partial charge on any atom is 0.250 e. The monoisotopic (exact) mass is 403 g/mol. The summed E-state index contributed by atoms with van der Waals surface area (Å²) in [7, 11) is 0. The number of nitrogens with one attached hydrogen (secondary N) is 2. The number of halogens is 1. The van der Waals surface area contributed by atoms with Crippen molar-refractivity contribution in [2.75, 3.05) is 11.9 Å². The van der Waals surface area contributed by atoms with Gasteiger partial charge in [0.25, 0.3) is 0 Å². The predicted octanol–water partition coefficient (Wildman–Crippen LogP) is 2.82. The molecule has 1 aromatic carbocycles. The van der Waals surface area contributed by atoms with Crippen molar-refractivity contribution in [3.05, 3.63) is 28.3 Å². The Morgan fingerprint density at radius 3 is 2.57 bits per heavy atom. The number of amides is 3. The molecular formula is C21H26ClN3O3. The molecule has 1 aromatic rings. The molecule has 2 saturated heterocycles. The molecular weight excluding hydrogens is 378 g/mol. The van der Waals surface area contributed by atoms with Crippen LogP contribution in [0.15, 0.2) is 12.1 Å². The van der Waals surface area contributed by atoms with E-state index in [-0.39, 0.29) is 29.7 Å². The van der Waals surface area contributed by atoms with Gasteiger partial charge in [-0.15, -0.1) is 0 Å². The first kappa shape index (κ1) is 19.4. The van der Waals surface area contributed by atoms with Gasteiger partial charge in [0.05, 0.1) is 17.5 Å². The highest BCUT2D eigenvalue weighted by molar-refractivity contribution is 6.32. The van der Waals surface area contributed by atoms with Crippen molar-refractivity contribution < 1.29 is 14.4 Å². The molecule has 150 valence electrons. The van der Waals surface area contributed by atoms with Crippen molar-refractivity contribution in [1.29, 1.82) is 0 Å². The lowest BCUT2D eigenvalue weighted by Gasteiger charge is -2.30. The zero-order valence-corrected chi connectivity index (χ0v) is 17.4. The molecule has 2 fully saturated rings. The van der Waals surface area contributed by atoms with E-state index in [1.807, 2.05) is 33.8 Å². The summed E-state index contributed by atoms with van der Waals surface area (Å²) in [5.74, 6) is -1.83. The number of carbonyl (C=O) groups is 3. The lowest BCUT2D eigenvalue weighted by molar-refractivity contribution is -0.143. The Morgan fingerprint density at radius 1 is 1.21 bits per heavy atom. The molecule has 3 heterocycles. The molecule has 0 saturated carbocycles. The van der Waals surface area contributed by atoms with Crippen LogP contribution in [0.2, 0.25) is 5.02 Å². The summed E-state index contributed by atoms with van der Waals surface area (Å²) in [6.45, 7) is 8.32. The molecule has 3 aliphatic rings. The normalized spacial score (nSPS) is 31.1. The van der Waals surface area contributed by atoms with Gasteiger partial charge in [-0.3, -0.25) is 24.6 Å². The SMILES string of the molecule is CCCCN1C(=O)C2C(C(C)C)NC3(C(=O)Nc4c3ccc(Cl)c4C)C2C1=O. The number of imide groups is 1. The molecule has 4 rings (SSSR count). The summed E-state index contributed by atoms with van der Waals surface area (Å²) in [5.41, 5.74) is 0.921. The number of nitrogens with zero attached hydrogens (tertiary/aromatic N) is 1. The number of fused-ring (bicyclic) bond motifs is 4. The third-order valence-electron chi connectivity index (χ3n) is 6.56. The summed E-state index contributed by atoms with van der Waals surface area (Å²) < 4.78 is 0. The number of rotatable bonds is 4. The van der Waals surface area contributed by atoms with E-state index in [0.29, 0.717) is 17.3 Å². The lowest BCUT2D eigenvalue weighted by atomic mass is 9.75. The summed E-state index contributed by atoms with van der Waals surface area (Å²) in [6, 6.07) is 3.32. The number of hydrogen-bond donors (Lipinski definition) is 2. The average Bonchev–Trinajstić information content (AvgIpc) is 3.23. The second-order valence-corrected chi connectivity index (χ2v) is 8.86. The van der Waals surface area contributed by atoms with E-state index in [2.05, 4.69) is 10.6 Å². The van der Waals surface area contributed by atoms with Gasteiger partial charge in [0.15, 0.2) is 0 Å². The van der Waals surface area contributed by atoms with E-state index >= 15 is 0 Å². The van der Waals surface area contributed by atoms with Crippen LogP contribution < -0.4 is 10.6 Å². The minimum absolute atomic E-state index is 0.0972. The Balaban J connectivity index is 1.88. The number of anilines is 1. The van der Waals surface area contributed by atoms with E-state index < -0.39 is 17.4 Å². The van der Waals surface area contributed by atoms with Crippen molar-refractivity contribution in [2.24, 2.45) is 17.8 Å². The minimum Gasteiger partial charge on any atom is -0.324 e. The number of likely N-dealkylation sites (tertiary alicyclic amines) is 1. The van der Waals surface area contributed by atoms with Gasteiger partial charge in [0, 0.05) is 23.2 Å². The standard InChI is InChI=1S/C21H26ClN3O3/c1-5-6-9-25-18(26)14-15(19(25)27)21(24-16(14)10(2)3)12-7-8-13(22)11(4)17(12)23-20(21)28/h7-8,10,14-16,24H,5-6,9H2,1-4H3,(H,23,28). The number of carbonyl (C=O) groups excluding carboxylic acids is 3. The highest BCUT2D eigenvalue weighted by Crippen LogP contribution is 2.54. The zero-order chi connectivity index (χ0) is 20.4. The molecule has 1 spiro atoms. The topological polar surface area (TPSA) is 78.5 Å². The van der Waals surface area contributed by atoms with E-state index in [4.69, 9.17) is 11.6 Å². The van der Waals surface area contributed by atoms with Crippen LogP contribution in [-0.2, 0) is 19.9 Å². The van der Waals surface area contributed by atoms with E-state index in [1.165, 1.54) is 4.90 Å². The van der Waals surface area contributed by atoms with Crippen LogP contribution >= 0.6 is 11.6 Å². The van der Waals surface area contributed by atoms with Gasteiger partial charge in [-0.05, 0) is 30.9 Å². The molecule has 6 nitrogen and oxygen atoms in total. The fourth-order valence-corrected chi connectivity index (χ4v) is 5.25. The first-order valence-electron chi connectivity index (χ1n) is 9.99. The third kappa shape index (κ3) is 2.34. The maximum atomic E-state index is 13.4. The maximum absolute atomic E-state index is 13.4. The molecule has 4 atom stereocenters. The predicted molar refractivity (Wildman–Crippen MR) is 107 cm³/mol. The van der Waals surface area contributed by atoms with Gasteiger partial charge in [-0.1, -0.05) is 44.9 Å². The Kier molecular flexibility index (Phi) is 4.55. The highest BCUT2D eigenvalue weighted by Gasteiger charge is 2.70.